The minimum atomic E-state index is 0.00994. The number of fused-ring (bicyclic) bond motifs is 1. The molecule has 0 amide bonds. The molecule has 0 spiro atoms. The van der Waals surface area contributed by atoms with Crippen LogP contribution in [0, 0.1) is 0 Å². The van der Waals surface area contributed by atoms with Crippen LogP contribution in [0.5, 0.6) is 5.75 Å². The van der Waals surface area contributed by atoms with Crippen molar-refractivity contribution in [3.05, 3.63) is 29.3 Å². The van der Waals surface area contributed by atoms with Crippen LogP contribution in [0.1, 0.15) is 22.3 Å². The predicted molar refractivity (Wildman–Crippen MR) is 51.7 cm³/mol. The normalized spacial score (nSPS) is 14.2. The molecule has 3 nitrogen and oxygen atoms in total. The Balaban J connectivity index is 2.19. The fourth-order valence-electron chi connectivity index (χ4n) is 1.69. The van der Waals surface area contributed by atoms with E-state index in [-0.39, 0.29) is 12.4 Å². The van der Waals surface area contributed by atoms with E-state index < -0.39 is 0 Å². The molecule has 1 aromatic carbocycles. The molecule has 0 heterocycles. The zero-order valence-corrected chi connectivity index (χ0v) is 7.82. The van der Waals surface area contributed by atoms with Gasteiger partial charge in [0.1, 0.15) is 12.4 Å². The summed E-state index contributed by atoms with van der Waals surface area (Å²) < 4.78 is 5.25. The molecule has 1 aliphatic rings. The summed E-state index contributed by atoms with van der Waals surface area (Å²) in [5.74, 6) is 0.946. The first-order valence-electron chi connectivity index (χ1n) is 4.71. The molecule has 1 N–H and O–H groups in total. The smallest absolute Gasteiger partial charge is 0.163 e. The van der Waals surface area contributed by atoms with Gasteiger partial charge in [0.05, 0.1) is 6.61 Å². The summed E-state index contributed by atoms with van der Waals surface area (Å²) >= 11 is 0. The molecule has 14 heavy (non-hydrogen) atoms. The van der Waals surface area contributed by atoms with E-state index >= 15 is 0 Å². The van der Waals surface area contributed by atoms with E-state index in [1.165, 1.54) is 0 Å². The van der Waals surface area contributed by atoms with Crippen molar-refractivity contribution in [3.63, 3.8) is 0 Å². The first kappa shape index (κ1) is 9.21. The Bertz CT molecular complexity index is 358. The minimum Gasteiger partial charge on any atom is -0.491 e. The maximum Gasteiger partial charge on any atom is 0.163 e. The quantitative estimate of drug-likeness (QED) is 0.782. The molecule has 0 bridgehead atoms. The molecule has 0 radical (unpaired) electrons. The number of carbonyl (C=O) groups is 1. The lowest BCUT2D eigenvalue weighted by atomic mass is 10.1. The van der Waals surface area contributed by atoms with E-state index in [4.69, 9.17) is 9.84 Å². The number of aliphatic hydroxyl groups is 1. The van der Waals surface area contributed by atoms with Gasteiger partial charge in [0.2, 0.25) is 0 Å². The van der Waals surface area contributed by atoms with Gasteiger partial charge in [-0.2, -0.15) is 0 Å². The van der Waals surface area contributed by atoms with Crippen molar-refractivity contribution in [2.24, 2.45) is 0 Å². The highest BCUT2D eigenvalue weighted by Gasteiger charge is 2.19. The van der Waals surface area contributed by atoms with Gasteiger partial charge in [-0.3, -0.25) is 4.79 Å². The summed E-state index contributed by atoms with van der Waals surface area (Å²) in [7, 11) is 0. The number of aliphatic hydroxyl groups excluding tert-OH is 1. The number of hydrogen-bond acceptors (Lipinski definition) is 3. The Kier molecular flexibility index (Phi) is 2.50. The molecule has 0 aliphatic heterocycles. The van der Waals surface area contributed by atoms with Gasteiger partial charge in [-0.25, -0.2) is 0 Å². The second-order valence-electron chi connectivity index (χ2n) is 3.31. The van der Waals surface area contributed by atoms with Gasteiger partial charge in [-0.1, -0.05) is 0 Å². The number of benzene rings is 1. The van der Waals surface area contributed by atoms with Crippen molar-refractivity contribution in [3.8, 4) is 5.75 Å². The maximum atomic E-state index is 11.3. The van der Waals surface area contributed by atoms with Crippen molar-refractivity contribution in [2.75, 3.05) is 13.2 Å². The summed E-state index contributed by atoms with van der Waals surface area (Å²) in [6, 6.07) is 5.46. The van der Waals surface area contributed by atoms with Crippen LogP contribution in [-0.4, -0.2) is 24.1 Å². The highest BCUT2D eigenvalue weighted by Crippen LogP contribution is 2.25. The molecule has 0 aromatic heterocycles. The highest BCUT2D eigenvalue weighted by atomic mass is 16.5. The summed E-state index contributed by atoms with van der Waals surface area (Å²) in [4.78, 5) is 11.3. The monoisotopic (exact) mass is 192 g/mol. The van der Waals surface area contributed by atoms with E-state index in [1.54, 1.807) is 12.1 Å². The Hall–Kier alpha value is -1.35. The first-order chi connectivity index (χ1) is 6.81. The number of rotatable bonds is 3. The lowest BCUT2D eigenvalue weighted by Crippen LogP contribution is -2.02. The van der Waals surface area contributed by atoms with Gasteiger partial charge in [-0.05, 0) is 30.2 Å². The van der Waals surface area contributed by atoms with Crippen molar-refractivity contribution in [1.82, 2.24) is 0 Å². The highest BCUT2D eigenvalue weighted by molar-refractivity contribution is 6.00. The molecule has 0 saturated carbocycles. The molecule has 1 aromatic rings. The largest absolute Gasteiger partial charge is 0.491 e. The van der Waals surface area contributed by atoms with Gasteiger partial charge < -0.3 is 9.84 Å². The molecule has 0 unspecified atom stereocenters. The van der Waals surface area contributed by atoms with Crippen LogP contribution in [0.25, 0.3) is 0 Å². The molecule has 1 aliphatic carbocycles. The average Bonchev–Trinajstić information content (AvgIpc) is 2.57. The fraction of sp³-hybridized carbons (Fsp3) is 0.364. The summed E-state index contributed by atoms with van der Waals surface area (Å²) in [6.45, 7) is 0.308. The zero-order chi connectivity index (χ0) is 9.97. The van der Waals surface area contributed by atoms with Gasteiger partial charge >= 0.3 is 0 Å². The van der Waals surface area contributed by atoms with Gasteiger partial charge in [0.15, 0.2) is 5.78 Å². The Morgan fingerprint density at radius 3 is 3.00 bits per heavy atom. The van der Waals surface area contributed by atoms with E-state index in [9.17, 15) is 4.79 Å². The van der Waals surface area contributed by atoms with Crippen LogP contribution >= 0.6 is 0 Å². The zero-order valence-electron chi connectivity index (χ0n) is 7.82. The van der Waals surface area contributed by atoms with Crippen LogP contribution in [0.15, 0.2) is 18.2 Å². The molecule has 0 atom stereocenters. The molecule has 2 rings (SSSR count). The number of ketones is 1. The van der Waals surface area contributed by atoms with Gasteiger partial charge in [-0.15, -0.1) is 0 Å². The summed E-state index contributed by atoms with van der Waals surface area (Å²) in [6.07, 6.45) is 1.42. The summed E-state index contributed by atoms with van der Waals surface area (Å²) in [5.41, 5.74) is 1.88. The molecule has 74 valence electrons. The SMILES string of the molecule is O=C1CCc2cc(OCCO)ccc21. The molecule has 0 fully saturated rings. The lowest BCUT2D eigenvalue weighted by Gasteiger charge is -2.05. The van der Waals surface area contributed by atoms with E-state index in [0.29, 0.717) is 13.0 Å². The minimum absolute atomic E-state index is 0.00994. The van der Waals surface area contributed by atoms with Crippen LogP contribution in [0.2, 0.25) is 0 Å². The molecular formula is C11H12O3. The number of aryl methyl sites for hydroxylation is 1. The Labute approximate surface area is 82.3 Å². The fourth-order valence-corrected chi connectivity index (χ4v) is 1.69. The second kappa shape index (κ2) is 3.80. The average molecular weight is 192 g/mol. The number of Topliss-reactive ketones (excluding diaryl/α,β-unsaturated/α-hetero) is 1. The van der Waals surface area contributed by atoms with Crippen molar-refractivity contribution in [1.29, 1.82) is 0 Å². The standard InChI is InChI=1S/C11H12O3/c12-5-6-14-9-2-3-10-8(7-9)1-4-11(10)13/h2-3,7,12H,1,4-6H2. The summed E-state index contributed by atoms with van der Waals surface area (Å²) in [5, 5.41) is 8.58. The predicted octanol–water partition coefficient (Wildman–Crippen LogP) is 1.19. The van der Waals surface area contributed by atoms with E-state index in [0.717, 1.165) is 23.3 Å². The van der Waals surface area contributed by atoms with Crippen LogP contribution < -0.4 is 4.74 Å². The van der Waals surface area contributed by atoms with Crippen molar-refractivity contribution in [2.45, 2.75) is 12.8 Å². The molecular weight excluding hydrogens is 180 g/mol. The maximum absolute atomic E-state index is 11.3. The Morgan fingerprint density at radius 2 is 2.21 bits per heavy atom. The second-order valence-corrected chi connectivity index (χ2v) is 3.31. The lowest BCUT2D eigenvalue weighted by molar-refractivity contribution is 0.0994. The van der Waals surface area contributed by atoms with Crippen LogP contribution in [-0.2, 0) is 6.42 Å². The van der Waals surface area contributed by atoms with Gasteiger partial charge in [0, 0.05) is 12.0 Å². The number of hydrogen-bond donors (Lipinski definition) is 1. The topological polar surface area (TPSA) is 46.5 Å². The number of ether oxygens (including phenoxy) is 1. The Morgan fingerprint density at radius 1 is 1.36 bits per heavy atom. The van der Waals surface area contributed by atoms with E-state index in [1.807, 2.05) is 6.07 Å². The first-order valence-corrected chi connectivity index (χ1v) is 4.71. The van der Waals surface area contributed by atoms with Crippen LogP contribution in [0.4, 0.5) is 0 Å². The van der Waals surface area contributed by atoms with Crippen molar-refractivity contribution < 1.29 is 14.6 Å². The molecule has 3 heteroatoms. The van der Waals surface area contributed by atoms with Crippen LogP contribution in [0.3, 0.4) is 0 Å². The van der Waals surface area contributed by atoms with Crippen molar-refractivity contribution >= 4 is 5.78 Å². The van der Waals surface area contributed by atoms with Gasteiger partial charge in [0.25, 0.3) is 0 Å². The third-order valence-corrected chi connectivity index (χ3v) is 2.36. The third-order valence-electron chi connectivity index (χ3n) is 2.36. The molecule has 0 saturated heterocycles. The van der Waals surface area contributed by atoms with E-state index in [2.05, 4.69) is 0 Å². The third kappa shape index (κ3) is 1.63. The number of carbonyl (C=O) groups excluding carboxylic acids is 1.